The Balaban J connectivity index is 2.62. The van der Waals surface area contributed by atoms with Crippen molar-refractivity contribution in [2.24, 2.45) is 0 Å². The fourth-order valence-electron chi connectivity index (χ4n) is 1.53. The van der Waals surface area contributed by atoms with Crippen LogP contribution in [0.5, 0.6) is 0 Å². The molecule has 1 amide bonds. The van der Waals surface area contributed by atoms with Crippen LogP contribution >= 0.6 is 10.8 Å². The van der Waals surface area contributed by atoms with Crippen LogP contribution in [0.4, 0.5) is 0 Å². The van der Waals surface area contributed by atoms with Gasteiger partial charge in [-0.25, -0.2) is 8.42 Å². The molecule has 2 rings (SSSR count). The monoisotopic (exact) mass is 246 g/mol. The van der Waals surface area contributed by atoms with Gasteiger partial charge in [-0.1, -0.05) is 0 Å². The van der Waals surface area contributed by atoms with E-state index >= 15 is 0 Å². The Morgan fingerprint density at radius 3 is 2.53 bits per heavy atom. The molecule has 0 N–H and O–H groups in total. The predicted octanol–water partition coefficient (Wildman–Crippen LogP) is 0.150. The van der Waals surface area contributed by atoms with Gasteiger partial charge in [0, 0.05) is 31.9 Å². The summed E-state index contributed by atoms with van der Waals surface area (Å²) in [4.78, 5) is 15.3. The van der Waals surface area contributed by atoms with Crippen molar-refractivity contribution in [2.45, 2.75) is 0 Å². The molecule has 0 aliphatic carbocycles. The highest BCUT2D eigenvalue weighted by molar-refractivity contribution is 8.75. The number of fused-ring (bicyclic) bond motifs is 1. The van der Waals surface area contributed by atoms with Gasteiger partial charge in [0.15, 0.2) is 0 Å². The minimum atomic E-state index is -3.25. The summed E-state index contributed by atoms with van der Waals surface area (Å²) < 4.78 is 22.7. The van der Waals surface area contributed by atoms with Gasteiger partial charge in [-0.2, -0.15) is 0 Å². The first kappa shape index (κ1) is 10.6. The van der Waals surface area contributed by atoms with Gasteiger partial charge >= 0.3 is 0 Å². The van der Waals surface area contributed by atoms with E-state index in [2.05, 4.69) is 0 Å². The summed E-state index contributed by atoms with van der Waals surface area (Å²) in [7, 11) is 2.51. The largest absolute Gasteiger partial charge is 0.372 e. The summed E-state index contributed by atoms with van der Waals surface area (Å²) in [5, 5.41) is 1.14. The highest BCUT2D eigenvalue weighted by atomic mass is 33.1. The van der Waals surface area contributed by atoms with Gasteiger partial charge in [0.2, 0.25) is 8.87 Å². The van der Waals surface area contributed by atoms with Crippen LogP contribution in [0.15, 0.2) is 21.7 Å². The van der Waals surface area contributed by atoms with Crippen LogP contribution in [-0.2, 0) is 13.7 Å². The Morgan fingerprint density at radius 1 is 1.40 bits per heavy atom. The molecule has 2 aliphatic heterocycles. The number of hydrogen-bond acceptors (Lipinski definition) is 5. The lowest BCUT2D eigenvalue weighted by Gasteiger charge is -2.14. The average Bonchev–Trinajstić information content (AvgIpc) is 2.48. The van der Waals surface area contributed by atoms with Crippen LogP contribution < -0.4 is 0 Å². The molecule has 0 radical (unpaired) electrons. The van der Waals surface area contributed by atoms with Crippen molar-refractivity contribution in [1.29, 1.82) is 0 Å². The zero-order valence-corrected chi connectivity index (χ0v) is 10.1. The molecule has 0 aromatic carbocycles. The molecule has 0 unspecified atom stereocenters. The molecule has 82 valence electrons. The van der Waals surface area contributed by atoms with Gasteiger partial charge in [0.05, 0.1) is 16.0 Å². The number of hydrogen-bond donors (Lipinski definition) is 0. The Kier molecular flexibility index (Phi) is 2.13. The van der Waals surface area contributed by atoms with Crippen molar-refractivity contribution < 1.29 is 13.2 Å². The molecule has 0 aromatic rings. The predicted molar refractivity (Wildman–Crippen MR) is 58.1 cm³/mol. The lowest BCUT2D eigenvalue weighted by molar-refractivity contribution is -0.124. The van der Waals surface area contributed by atoms with Crippen molar-refractivity contribution in [3.05, 3.63) is 21.7 Å². The number of nitrogens with zero attached hydrogens (tertiary/aromatic N) is 2. The van der Waals surface area contributed by atoms with E-state index < -0.39 is 8.87 Å². The second kappa shape index (κ2) is 3.02. The van der Waals surface area contributed by atoms with E-state index in [1.807, 2.05) is 0 Å². The van der Waals surface area contributed by atoms with Gasteiger partial charge < -0.3 is 9.80 Å². The molecular formula is C8H10N2O3S2. The molecule has 2 heterocycles. The van der Waals surface area contributed by atoms with Crippen molar-refractivity contribution in [2.75, 3.05) is 21.1 Å². The Hall–Kier alpha value is -0.950. The maximum Gasteiger partial charge on any atom is 0.275 e. The van der Waals surface area contributed by atoms with Crippen LogP contribution in [0, 0.1) is 0 Å². The molecule has 0 saturated carbocycles. The summed E-state index contributed by atoms with van der Waals surface area (Å²) in [6, 6.07) is 0. The number of carbonyl (C=O) groups is 1. The van der Waals surface area contributed by atoms with Crippen LogP contribution in [0.3, 0.4) is 0 Å². The summed E-state index contributed by atoms with van der Waals surface area (Å²) in [6.07, 6.45) is 0. The molecule has 15 heavy (non-hydrogen) atoms. The van der Waals surface area contributed by atoms with Gasteiger partial charge in [-0.3, -0.25) is 4.79 Å². The fraction of sp³-hybridized carbons (Fsp3) is 0.375. The van der Waals surface area contributed by atoms with Gasteiger partial charge in [0.25, 0.3) is 5.91 Å². The first-order valence-electron chi connectivity index (χ1n) is 4.20. The number of amides is 1. The van der Waals surface area contributed by atoms with Crippen molar-refractivity contribution in [3.63, 3.8) is 0 Å². The van der Waals surface area contributed by atoms with E-state index in [0.29, 0.717) is 16.3 Å². The standard InChI is InChI=1S/C8H10N2O3S2/c1-9(2)6-7-5(10(3)8(6)11)4-15(12,13)14-7/h4H,1-3H3. The normalized spacial score (nSPS) is 23.3. The zero-order chi connectivity index (χ0) is 11.4. The second-order valence-corrected chi connectivity index (χ2v) is 7.21. The van der Waals surface area contributed by atoms with Gasteiger partial charge in [-0.15, -0.1) is 0 Å². The Bertz CT molecular complexity index is 502. The Morgan fingerprint density at radius 2 is 2.00 bits per heavy atom. The molecule has 2 aliphatic rings. The zero-order valence-electron chi connectivity index (χ0n) is 8.51. The third kappa shape index (κ3) is 1.46. The van der Waals surface area contributed by atoms with Crippen LogP contribution in [0.25, 0.3) is 0 Å². The smallest absolute Gasteiger partial charge is 0.275 e. The van der Waals surface area contributed by atoms with Crippen molar-refractivity contribution >= 4 is 25.6 Å². The average molecular weight is 246 g/mol. The molecule has 0 bridgehead atoms. The van der Waals surface area contributed by atoms with E-state index in [1.54, 1.807) is 26.0 Å². The molecule has 5 nitrogen and oxygen atoms in total. The first-order chi connectivity index (χ1) is 6.83. The van der Waals surface area contributed by atoms with Crippen molar-refractivity contribution in [1.82, 2.24) is 9.80 Å². The van der Waals surface area contributed by atoms with Crippen molar-refractivity contribution in [3.8, 4) is 0 Å². The maximum atomic E-state index is 11.7. The number of carbonyl (C=O) groups excluding carboxylic acids is 1. The fourth-order valence-corrected chi connectivity index (χ4v) is 4.67. The lowest BCUT2D eigenvalue weighted by Crippen LogP contribution is -2.26. The van der Waals surface area contributed by atoms with E-state index in [9.17, 15) is 13.2 Å². The molecule has 0 aromatic heterocycles. The van der Waals surface area contributed by atoms with E-state index in [4.69, 9.17) is 0 Å². The first-order valence-corrected chi connectivity index (χ1v) is 7.07. The second-order valence-electron chi connectivity index (χ2n) is 3.52. The minimum absolute atomic E-state index is 0.163. The van der Waals surface area contributed by atoms with E-state index in [-0.39, 0.29) is 5.91 Å². The quantitative estimate of drug-likeness (QED) is 0.616. The molecule has 0 saturated heterocycles. The number of rotatable bonds is 1. The summed E-state index contributed by atoms with van der Waals surface area (Å²) in [6.45, 7) is 0. The summed E-state index contributed by atoms with van der Waals surface area (Å²) >= 11 is 0. The molecule has 0 atom stereocenters. The number of likely N-dealkylation sites (N-methyl/N-ethyl adjacent to an activating group) is 2. The van der Waals surface area contributed by atoms with E-state index in [0.717, 1.165) is 16.2 Å². The molecule has 7 heteroatoms. The topological polar surface area (TPSA) is 57.7 Å². The lowest BCUT2D eigenvalue weighted by atomic mass is 10.4. The summed E-state index contributed by atoms with van der Waals surface area (Å²) in [5.74, 6) is -0.163. The Labute approximate surface area is 91.7 Å². The minimum Gasteiger partial charge on any atom is -0.372 e. The summed E-state index contributed by atoms with van der Waals surface area (Å²) in [5.41, 5.74) is 0.920. The third-order valence-electron chi connectivity index (χ3n) is 2.22. The SMILES string of the molecule is CN(C)C1=C2SS(=O)(=O)C=C2N(C)C1=O. The molecule has 0 spiro atoms. The highest BCUT2D eigenvalue weighted by Crippen LogP contribution is 2.46. The maximum absolute atomic E-state index is 11.7. The van der Waals surface area contributed by atoms with Crippen LogP contribution in [0.2, 0.25) is 0 Å². The van der Waals surface area contributed by atoms with Crippen LogP contribution in [0.1, 0.15) is 0 Å². The highest BCUT2D eigenvalue weighted by Gasteiger charge is 2.41. The van der Waals surface area contributed by atoms with Crippen LogP contribution in [-0.4, -0.2) is 45.3 Å². The molecule has 0 fully saturated rings. The third-order valence-corrected chi connectivity index (χ3v) is 5.02. The molecular weight excluding hydrogens is 236 g/mol. The van der Waals surface area contributed by atoms with E-state index in [1.165, 1.54) is 4.90 Å². The van der Waals surface area contributed by atoms with Gasteiger partial charge in [0.1, 0.15) is 5.70 Å². The van der Waals surface area contributed by atoms with Gasteiger partial charge in [-0.05, 0) is 0 Å².